The van der Waals surface area contributed by atoms with Crippen LogP contribution in [0.1, 0.15) is 12.6 Å². The normalized spacial score (nSPS) is 10.4. The van der Waals surface area contributed by atoms with Crippen LogP contribution in [0.2, 0.25) is 0 Å². The molecule has 4 heteroatoms. The van der Waals surface area contributed by atoms with E-state index in [4.69, 9.17) is 10.5 Å². The molecular weight excluding hydrogens is 154 g/mol. The lowest BCUT2D eigenvalue weighted by atomic mass is 10.4. The van der Waals surface area contributed by atoms with Crippen molar-refractivity contribution in [3.05, 3.63) is 24.3 Å². The minimum absolute atomic E-state index is 0.521. The highest BCUT2D eigenvalue weighted by atomic mass is 16.5. The van der Waals surface area contributed by atoms with E-state index in [1.54, 1.807) is 18.5 Å². The number of nitrogens with two attached hydrogens (primary N) is 1. The van der Waals surface area contributed by atoms with Crippen molar-refractivity contribution in [3.63, 3.8) is 0 Å². The summed E-state index contributed by atoms with van der Waals surface area (Å²) in [7, 11) is 0. The summed E-state index contributed by atoms with van der Waals surface area (Å²) in [6.45, 7) is 2.48. The van der Waals surface area contributed by atoms with Crippen molar-refractivity contribution in [3.8, 4) is 5.88 Å². The van der Waals surface area contributed by atoms with Crippen molar-refractivity contribution >= 4 is 6.08 Å². The molecule has 1 rings (SSSR count). The van der Waals surface area contributed by atoms with Gasteiger partial charge in [-0.2, -0.15) is 0 Å². The van der Waals surface area contributed by atoms with E-state index >= 15 is 0 Å². The molecule has 0 spiro atoms. The minimum atomic E-state index is 0.521. The Bertz CT molecular complexity index is 273. The molecule has 1 aromatic rings. The average Bonchev–Trinajstić information content (AvgIpc) is 2.06. The van der Waals surface area contributed by atoms with Gasteiger partial charge in [0.2, 0.25) is 5.88 Å². The van der Waals surface area contributed by atoms with Crippen LogP contribution < -0.4 is 10.5 Å². The topological polar surface area (TPSA) is 61.0 Å². The smallest absolute Gasteiger partial charge is 0.232 e. The first-order chi connectivity index (χ1) is 5.86. The molecule has 0 aliphatic heterocycles. The maximum atomic E-state index is 5.20. The van der Waals surface area contributed by atoms with E-state index in [0.717, 1.165) is 0 Å². The molecule has 0 aliphatic carbocycles. The molecule has 0 saturated heterocycles. The van der Waals surface area contributed by atoms with E-state index in [2.05, 4.69) is 9.97 Å². The quantitative estimate of drug-likeness (QED) is 0.719. The lowest BCUT2D eigenvalue weighted by Crippen LogP contribution is -1.96. The van der Waals surface area contributed by atoms with Crippen LogP contribution in [0, 0.1) is 0 Å². The van der Waals surface area contributed by atoms with Crippen LogP contribution >= 0.6 is 0 Å². The monoisotopic (exact) mass is 165 g/mol. The van der Waals surface area contributed by atoms with Gasteiger partial charge in [0.15, 0.2) is 0 Å². The molecule has 0 aliphatic rings. The van der Waals surface area contributed by atoms with Crippen LogP contribution in [0.15, 0.2) is 18.6 Å². The van der Waals surface area contributed by atoms with E-state index in [-0.39, 0.29) is 0 Å². The lowest BCUT2D eigenvalue weighted by Gasteiger charge is -2.00. The Morgan fingerprint density at radius 1 is 1.58 bits per heavy atom. The van der Waals surface area contributed by atoms with Crippen LogP contribution in [0.4, 0.5) is 0 Å². The predicted octanol–water partition coefficient (Wildman–Crippen LogP) is 0.805. The highest BCUT2D eigenvalue weighted by molar-refractivity contribution is 5.42. The van der Waals surface area contributed by atoms with Gasteiger partial charge in [0, 0.05) is 0 Å². The Balaban J connectivity index is 2.80. The van der Waals surface area contributed by atoms with Crippen molar-refractivity contribution in [1.29, 1.82) is 0 Å². The minimum Gasteiger partial charge on any atom is -0.477 e. The Kier molecular flexibility index (Phi) is 3.07. The summed E-state index contributed by atoms with van der Waals surface area (Å²) >= 11 is 0. The van der Waals surface area contributed by atoms with Gasteiger partial charge in [-0.1, -0.05) is 0 Å². The molecule has 4 nitrogen and oxygen atoms in total. The summed E-state index contributed by atoms with van der Waals surface area (Å²) in [6.07, 6.45) is 6.26. The molecule has 0 amide bonds. The third-order valence-electron chi connectivity index (χ3n) is 1.19. The van der Waals surface area contributed by atoms with Crippen molar-refractivity contribution in [2.24, 2.45) is 5.73 Å². The van der Waals surface area contributed by atoms with Gasteiger partial charge >= 0.3 is 0 Å². The summed E-state index contributed by atoms with van der Waals surface area (Å²) in [5.74, 6) is 0.521. The second-order valence-electron chi connectivity index (χ2n) is 2.07. The van der Waals surface area contributed by atoms with Crippen molar-refractivity contribution in [2.45, 2.75) is 6.92 Å². The molecule has 0 unspecified atom stereocenters. The third-order valence-corrected chi connectivity index (χ3v) is 1.19. The SMILES string of the molecule is CCOc1cncc(/C=C/N)n1. The fraction of sp³-hybridized carbons (Fsp3) is 0.250. The molecule has 0 atom stereocenters. The van der Waals surface area contributed by atoms with Gasteiger partial charge < -0.3 is 10.5 Å². The molecule has 0 fully saturated rings. The summed E-state index contributed by atoms with van der Waals surface area (Å²) in [4.78, 5) is 8.03. The highest BCUT2D eigenvalue weighted by Crippen LogP contribution is 2.05. The van der Waals surface area contributed by atoms with Crippen LogP contribution in [-0.4, -0.2) is 16.6 Å². The van der Waals surface area contributed by atoms with Gasteiger partial charge in [0.1, 0.15) is 0 Å². The number of rotatable bonds is 3. The Morgan fingerprint density at radius 2 is 2.42 bits per heavy atom. The largest absolute Gasteiger partial charge is 0.477 e. The van der Waals surface area contributed by atoms with E-state index in [9.17, 15) is 0 Å². The van der Waals surface area contributed by atoms with Gasteiger partial charge in [-0.05, 0) is 19.2 Å². The first kappa shape index (κ1) is 8.52. The number of hydrogen-bond donors (Lipinski definition) is 1. The van der Waals surface area contributed by atoms with Crippen LogP contribution in [-0.2, 0) is 0 Å². The van der Waals surface area contributed by atoms with Crippen molar-refractivity contribution < 1.29 is 4.74 Å². The molecule has 1 heterocycles. The fourth-order valence-corrected chi connectivity index (χ4v) is 0.759. The highest BCUT2D eigenvalue weighted by Gasteiger charge is 1.94. The second kappa shape index (κ2) is 4.33. The first-order valence-corrected chi connectivity index (χ1v) is 3.70. The summed E-state index contributed by atoms with van der Waals surface area (Å²) in [5.41, 5.74) is 5.89. The molecule has 2 N–H and O–H groups in total. The zero-order chi connectivity index (χ0) is 8.81. The number of aromatic nitrogens is 2. The zero-order valence-corrected chi connectivity index (χ0v) is 6.90. The second-order valence-corrected chi connectivity index (χ2v) is 2.07. The standard InChI is InChI=1S/C8H11N3O/c1-2-12-8-6-10-5-7(11-8)3-4-9/h3-6H,2,9H2,1H3/b4-3+. The van der Waals surface area contributed by atoms with Gasteiger partial charge in [0.05, 0.1) is 24.7 Å². The maximum absolute atomic E-state index is 5.20. The van der Waals surface area contributed by atoms with E-state index in [1.807, 2.05) is 6.92 Å². The summed E-state index contributed by atoms with van der Waals surface area (Å²) in [5, 5.41) is 0. The third kappa shape index (κ3) is 2.23. The molecule has 0 saturated carbocycles. The summed E-state index contributed by atoms with van der Waals surface area (Å²) < 4.78 is 5.14. The molecule has 1 aromatic heterocycles. The van der Waals surface area contributed by atoms with Crippen LogP contribution in [0.3, 0.4) is 0 Å². The van der Waals surface area contributed by atoms with Crippen molar-refractivity contribution in [2.75, 3.05) is 6.61 Å². The number of hydrogen-bond acceptors (Lipinski definition) is 4. The van der Waals surface area contributed by atoms with Crippen molar-refractivity contribution in [1.82, 2.24) is 9.97 Å². The zero-order valence-electron chi connectivity index (χ0n) is 6.90. The molecule has 0 radical (unpaired) electrons. The molecule has 0 bridgehead atoms. The van der Waals surface area contributed by atoms with Gasteiger partial charge in [-0.15, -0.1) is 0 Å². The Labute approximate surface area is 71.1 Å². The van der Waals surface area contributed by atoms with E-state index in [1.165, 1.54) is 6.20 Å². The lowest BCUT2D eigenvalue weighted by molar-refractivity contribution is 0.325. The first-order valence-electron chi connectivity index (χ1n) is 3.70. The average molecular weight is 165 g/mol. The van der Waals surface area contributed by atoms with E-state index in [0.29, 0.717) is 18.2 Å². The number of ether oxygens (including phenoxy) is 1. The molecule has 64 valence electrons. The van der Waals surface area contributed by atoms with Gasteiger partial charge in [-0.25, -0.2) is 4.98 Å². The Morgan fingerprint density at radius 3 is 3.08 bits per heavy atom. The van der Waals surface area contributed by atoms with Gasteiger partial charge in [0.25, 0.3) is 0 Å². The molecular formula is C8H11N3O. The van der Waals surface area contributed by atoms with Crippen LogP contribution in [0.25, 0.3) is 6.08 Å². The van der Waals surface area contributed by atoms with Gasteiger partial charge in [-0.3, -0.25) is 4.98 Å². The van der Waals surface area contributed by atoms with E-state index < -0.39 is 0 Å². The fourth-order valence-electron chi connectivity index (χ4n) is 0.759. The predicted molar refractivity (Wildman–Crippen MR) is 46.4 cm³/mol. The molecule has 12 heavy (non-hydrogen) atoms. The van der Waals surface area contributed by atoms with Crippen LogP contribution in [0.5, 0.6) is 5.88 Å². The molecule has 0 aromatic carbocycles. The number of nitrogens with zero attached hydrogens (tertiary/aromatic N) is 2. The Hall–Kier alpha value is -1.58. The summed E-state index contributed by atoms with van der Waals surface area (Å²) in [6, 6.07) is 0. The maximum Gasteiger partial charge on any atom is 0.232 e.